The fraction of sp³-hybridized carbons (Fsp3) is 0.647. The summed E-state index contributed by atoms with van der Waals surface area (Å²) in [5.74, 6) is 2.37. The number of aryl methyl sites for hydroxylation is 1. The van der Waals surface area contributed by atoms with E-state index in [1.54, 1.807) is 0 Å². The molecule has 0 spiro atoms. The molecule has 1 aromatic rings. The molecule has 2 rings (SSSR count). The number of carbonyl (C=O) groups excluding carboxylic acids is 1. The van der Waals surface area contributed by atoms with Crippen LogP contribution in [0.1, 0.15) is 49.7 Å². The van der Waals surface area contributed by atoms with Crippen LogP contribution in [0.5, 0.6) is 0 Å². The molecule has 0 saturated heterocycles. The van der Waals surface area contributed by atoms with Gasteiger partial charge in [-0.2, -0.15) is 0 Å². The maximum Gasteiger partial charge on any atom is 0.253 e. The van der Waals surface area contributed by atoms with E-state index in [-0.39, 0.29) is 5.91 Å². The van der Waals surface area contributed by atoms with Crippen LogP contribution >= 0.6 is 0 Å². The summed E-state index contributed by atoms with van der Waals surface area (Å²) >= 11 is 0. The normalized spacial score (nSPS) is 20.2. The van der Waals surface area contributed by atoms with E-state index in [0.29, 0.717) is 5.92 Å². The highest BCUT2D eigenvalue weighted by molar-refractivity contribution is 5.94. The molecule has 4 heteroatoms. The van der Waals surface area contributed by atoms with Gasteiger partial charge < -0.3 is 10.2 Å². The Hall–Kier alpha value is -1.58. The third kappa shape index (κ3) is 4.19. The highest BCUT2D eigenvalue weighted by Crippen LogP contribution is 2.38. The number of aromatic nitrogens is 1. The summed E-state index contributed by atoms with van der Waals surface area (Å²) in [5.41, 5.74) is 1.71. The molecule has 1 amide bonds. The van der Waals surface area contributed by atoms with Crippen LogP contribution in [0.3, 0.4) is 0 Å². The van der Waals surface area contributed by atoms with Gasteiger partial charge in [0.15, 0.2) is 0 Å². The van der Waals surface area contributed by atoms with Crippen molar-refractivity contribution in [3.8, 4) is 0 Å². The maximum absolute atomic E-state index is 12.6. The lowest BCUT2D eigenvalue weighted by molar-refractivity contribution is 0.0787. The van der Waals surface area contributed by atoms with Gasteiger partial charge in [0.1, 0.15) is 5.82 Å². The quantitative estimate of drug-likeness (QED) is 0.838. The Labute approximate surface area is 127 Å². The first-order chi connectivity index (χ1) is 10.0. The first kappa shape index (κ1) is 15.8. The molecule has 0 aliphatic heterocycles. The molecule has 1 aliphatic rings. The standard InChI is InChI=1S/C17H27N3O/c1-5-7-18-16-10-13(9-15(6-2)19-16)17(21)20(4)11-14-8-12(14)3/h9-10,12,14H,5-8,11H2,1-4H3,(H,18,19). The smallest absolute Gasteiger partial charge is 0.253 e. The van der Waals surface area contributed by atoms with Gasteiger partial charge in [0, 0.05) is 31.4 Å². The SMILES string of the molecule is CCCNc1cc(C(=O)N(C)CC2CC2C)cc(CC)n1. The molecule has 1 aromatic heterocycles. The summed E-state index contributed by atoms with van der Waals surface area (Å²) in [6.45, 7) is 8.17. The minimum Gasteiger partial charge on any atom is -0.370 e. The molecular formula is C17H27N3O. The summed E-state index contributed by atoms with van der Waals surface area (Å²) in [6.07, 6.45) is 3.13. The number of hydrogen-bond donors (Lipinski definition) is 1. The van der Waals surface area contributed by atoms with Crippen LogP contribution in [0.4, 0.5) is 5.82 Å². The summed E-state index contributed by atoms with van der Waals surface area (Å²) in [4.78, 5) is 19.0. The van der Waals surface area contributed by atoms with Crippen LogP contribution in [0.2, 0.25) is 0 Å². The molecular weight excluding hydrogens is 262 g/mol. The second kappa shape index (κ2) is 6.92. The highest BCUT2D eigenvalue weighted by Gasteiger charge is 2.34. The zero-order valence-corrected chi connectivity index (χ0v) is 13.6. The van der Waals surface area contributed by atoms with Gasteiger partial charge in [0.25, 0.3) is 5.91 Å². The monoisotopic (exact) mass is 289 g/mol. The molecule has 4 nitrogen and oxygen atoms in total. The number of nitrogens with one attached hydrogen (secondary N) is 1. The Morgan fingerprint density at radius 1 is 1.43 bits per heavy atom. The Morgan fingerprint density at radius 3 is 2.71 bits per heavy atom. The number of pyridine rings is 1. The van der Waals surface area contributed by atoms with Crippen molar-refractivity contribution in [3.63, 3.8) is 0 Å². The first-order valence-electron chi connectivity index (χ1n) is 8.05. The van der Waals surface area contributed by atoms with Crippen molar-refractivity contribution in [3.05, 3.63) is 23.4 Å². The van der Waals surface area contributed by atoms with Crippen molar-refractivity contribution >= 4 is 11.7 Å². The van der Waals surface area contributed by atoms with Crippen LogP contribution in [0, 0.1) is 11.8 Å². The number of nitrogens with zero attached hydrogens (tertiary/aromatic N) is 2. The molecule has 2 unspecified atom stereocenters. The third-order valence-electron chi connectivity index (χ3n) is 4.17. The Balaban J connectivity index is 2.10. The van der Waals surface area contributed by atoms with E-state index in [1.165, 1.54) is 6.42 Å². The summed E-state index contributed by atoms with van der Waals surface area (Å²) in [6, 6.07) is 3.80. The maximum atomic E-state index is 12.6. The van der Waals surface area contributed by atoms with Gasteiger partial charge >= 0.3 is 0 Å². The first-order valence-corrected chi connectivity index (χ1v) is 8.05. The molecule has 1 fully saturated rings. The van der Waals surface area contributed by atoms with Crippen molar-refractivity contribution in [2.45, 2.75) is 40.0 Å². The zero-order valence-electron chi connectivity index (χ0n) is 13.6. The number of rotatable bonds is 7. The van der Waals surface area contributed by atoms with E-state index in [2.05, 4.69) is 31.1 Å². The molecule has 21 heavy (non-hydrogen) atoms. The van der Waals surface area contributed by atoms with Gasteiger partial charge in [-0.05, 0) is 43.2 Å². The predicted molar refractivity (Wildman–Crippen MR) is 86.6 cm³/mol. The fourth-order valence-electron chi connectivity index (χ4n) is 2.54. The second-order valence-electron chi connectivity index (χ2n) is 6.17. The topological polar surface area (TPSA) is 45.2 Å². The van der Waals surface area contributed by atoms with Crippen molar-refractivity contribution in [1.82, 2.24) is 9.88 Å². The van der Waals surface area contributed by atoms with E-state index in [9.17, 15) is 4.79 Å². The molecule has 0 bridgehead atoms. The van der Waals surface area contributed by atoms with Gasteiger partial charge in [0.05, 0.1) is 0 Å². The number of hydrogen-bond acceptors (Lipinski definition) is 3. The number of carbonyl (C=O) groups is 1. The molecule has 1 saturated carbocycles. The molecule has 0 aromatic carbocycles. The minimum absolute atomic E-state index is 0.103. The fourth-order valence-corrected chi connectivity index (χ4v) is 2.54. The zero-order chi connectivity index (χ0) is 15.4. The van der Waals surface area contributed by atoms with E-state index < -0.39 is 0 Å². The lowest BCUT2D eigenvalue weighted by Gasteiger charge is -2.18. The minimum atomic E-state index is 0.103. The van der Waals surface area contributed by atoms with Gasteiger partial charge in [-0.3, -0.25) is 4.79 Å². The molecule has 0 radical (unpaired) electrons. The van der Waals surface area contributed by atoms with Crippen LogP contribution in [0.15, 0.2) is 12.1 Å². The van der Waals surface area contributed by atoms with E-state index in [4.69, 9.17) is 0 Å². The Kier molecular flexibility index (Phi) is 5.21. The average Bonchev–Trinajstić information content (AvgIpc) is 3.18. The average molecular weight is 289 g/mol. The number of anilines is 1. The summed E-state index contributed by atoms with van der Waals surface area (Å²) in [7, 11) is 1.90. The lowest BCUT2D eigenvalue weighted by atomic mass is 10.1. The molecule has 1 N–H and O–H groups in total. The van der Waals surface area contributed by atoms with Crippen molar-refractivity contribution < 1.29 is 4.79 Å². The van der Waals surface area contributed by atoms with Crippen LogP contribution in [0.25, 0.3) is 0 Å². The van der Waals surface area contributed by atoms with Gasteiger partial charge in [-0.15, -0.1) is 0 Å². The Morgan fingerprint density at radius 2 is 2.14 bits per heavy atom. The Bertz CT molecular complexity index is 501. The highest BCUT2D eigenvalue weighted by atomic mass is 16.2. The second-order valence-corrected chi connectivity index (χ2v) is 6.17. The van der Waals surface area contributed by atoms with Gasteiger partial charge in [-0.1, -0.05) is 20.8 Å². The molecule has 1 aliphatic carbocycles. The summed E-state index contributed by atoms with van der Waals surface area (Å²) in [5, 5.41) is 3.28. The van der Waals surface area contributed by atoms with E-state index in [1.807, 2.05) is 24.1 Å². The lowest BCUT2D eigenvalue weighted by Crippen LogP contribution is -2.29. The van der Waals surface area contributed by atoms with Crippen molar-refractivity contribution in [2.75, 3.05) is 25.5 Å². The van der Waals surface area contributed by atoms with Crippen LogP contribution < -0.4 is 5.32 Å². The van der Waals surface area contributed by atoms with E-state index in [0.717, 1.165) is 48.9 Å². The summed E-state index contributed by atoms with van der Waals surface area (Å²) < 4.78 is 0. The van der Waals surface area contributed by atoms with Crippen LogP contribution in [-0.2, 0) is 6.42 Å². The van der Waals surface area contributed by atoms with Crippen LogP contribution in [-0.4, -0.2) is 35.9 Å². The van der Waals surface area contributed by atoms with Gasteiger partial charge in [0.2, 0.25) is 0 Å². The third-order valence-corrected chi connectivity index (χ3v) is 4.17. The van der Waals surface area contributed by atoms with Crippen molar-refractivity contribution in [1.29, 1.82) is 0 Å². The van der Waals surface area contributed by atoms with E-state index >= 15 is 0 Å². The molecule has 2 atom stereocenters. The number of amides is 1. The van der Waals surface area contributed by atoms with Gasteiger partial charge in [-0.25, -0.2) is 4.98 Å². The molecule has 116 valence electrons. The largest absolute Gasteiger partial charge is 0.370 e. The predicted octanol–water partition coefficient (Wildman–Crippen LogP) is 3.19. The molecule has 1 heterocycles. The van der Waals surface area contributed by atoms with Crippen molar-refractivity contribution in [2.24, 2.45) is 11.8 Å².